The number of fused-ring (bicyclic) bond motifs is 1. The number of allylic oxidation sites excluding steroid dienone is 6. The number of aliphatic carboxylic acids is 2. The fourth-order valence-corrected chi connectivity index (χ4v) is 9.66. The van der Waals surface area contributed by atoms with E-state index in [0.717, 1.165) is 40.2 Å². The maximum atomic E-state index is 13.5. The summed E-state index contributed by atoms with van der Waals surface area (Å²) in [5.74, 6) is -5.18. The van der Waals surface area contributed by atoms with Gasteiger partial charge >= 0.3 is 11.9 Å². The molecule has 1 fully saturated rings. The molecule has 6 N–H and O–H groups in total. The van der Waals surface area contributed by atoms with Gasteiger partial charge in [0.1, 0.15) is 29.8 Å². The molecule has 0 radical (unpaired) electrons. The van der Waals surface area contributed by atoms with Gasteiger partial charge in [0, 0.05) is 52.4 Å². The smallest absolute Gasteiger partial charge is 0.353 e. The van der Waals surface area contributed by atoms with E-state index in [-0.39, 0.29) is 59.4 Å². The average Bonchev–Trinajstić information content (AvgIpc) is 3.82. The molecule has 4 atom stereocenters. The molecule has 22 heteroatoms. The summed E-state index contributed by atoms with van der Waals surface area (Å²) < 4.78 is 4.66. The highest BCUT2D eigenvalue weighted by molar-refractivity contribution is 8.07. The number of hydrogen-bond donors (Lipinski definition) is 6. The van der Waals surface area contributed by atoms with Gasteiger partial charge in [0.25, 0.3) is 11.8 Å². The predicted molar refractivity (Wildman–Crippen MR) is 214 cm³/mol. The van der Waals surface area contributed by atoms with Crippen LogP contribution in [-0.2, 0) is 33.6 Å². The van der Waals surface area contributed by atoms with Gasteiger partial charge in [-0.3, -0.25) is 24.1 Å². The summed E-state index contributed by atoms with van der Waals surface area (Å²) >= 11 is 4.46. The van der Waals surface area contributed by atoms with E-state index in [9.17, 15) is 44.1 Å². The van der Waals surface area contributed by atoms with E-state index in [4.69, 9.17) is 9.82 Å². The molecule has 1 saturated heterocycles. The number of aliphatic hydroxyl groups excluding tert-OH is 1. The predicted octanol–water partition coefficient (Wildman–Crippen LogP) is 3.98. The second kappa shape index (κ2) is 19.4. The van der Waals surface area contributed by atoms with Crippen molar-refractivity contribution < 1.29 is 48.9 Å². The third kappa shape index (κ3) is 10.7. The number of rotatable bonds is 17. The van der Waals surface area contributed by atoms with Crippen molar-refractivity contribution in [1.29, 1.82) is 0 Å². The molecule has 3 aliphatic rings. The molecule has 5 rings (SSSR count). The van der Waals surface area contributed by atoms with Crippen LogP contribution in [0.1, 0.15) is 64.9 Å². The number of nitrogens with one attached hydrogen (secondary N) is 3. The summed E-state index contributed by atoms with van der Waals surface area (Å²) in [6, 6.07) is -2.22. The number of thiazole rings is 1. The Bertz CT molecular complexity index is 2070. The Morgan fingerprint density at radius 3 is 2.54 bits per heavy atom. The van der Waals surface area contributed by atoms with Gasteiger partial charge in [0.2, 0.25) is 28.5 Å². The van der Waals surface area contributed by atoms with E-state index >= 15 is 0 Å². The van der Waals surface area contributed by atoms with E-state index in [1.165, 1.54) is 23.1 Å². The lowest BCUT2D eigenvalue weighted by atomic mass is 9.97. The molecule has 0 saturated carbocycles. The number of oxime groups is 1. The lowest BCUT2D eigenvalue weighted by Crippen LogP contribution is -2.71. The number of anilines is 1. The summed E-state index contributed by atoms with van der Waals surface area (Å²) in [7, 11) is 0. The second-order valence-electron chi connectivity index (χ2n) is 13.0. The van der Waals surface area contributed by atoms with E-state index in [2.05, 4.69) is 30.5 Å². The zero-order valence-corrected chi connectivity index (χ0v) is 34.4. The molecular weight excluding hydrogens is 821 g/mol. The monoisotopic (exact) mass is 860 g/mol. The topological polar surface area (TPSA) is 263 Å². The van der Waals surface area contributed by atoms with Gasteiger partial charge in [-0.15, -0.1) is 23.1 Å². The molecule has 18 nitrogen and oxygen atoms in total. The molecule has 0 spiro atoms. The Hall–Kier alpha value is -5.06. The van der Waals surface area contributed by atoms with Gasteiger partial charge in [-0.25, -0.2) is 14.6 Å². The van der Waals surface area contributed by atoms with Crippen LogP contribution in [0.4, 0.5) is 5.13 Å². The first-order chi connectivity index (χ1) is 27.2. The van der Waals surface area contributed by atoms with Crippen LogP contribution < -0.4 is 16.0 Å². The maximum absolute atomic E-state index is 13.5. The van der Waals surface area contributed by atoms with Crippen molar-refractivity contribution in [3.05, 3.63) is 57.6 Å². The summed E-state index contributed by atoms with van der Waals surface area (Å²) in [5.41, 5.74) is 0.850. The second-order valence-corrected chi connectivity index (χ2v) is 17.1. The van der Waals surface area contributed by atoms with E-state index < -0.39 is 58.7 Å². The fraction of sp³-hybridized carbons (Fsp3) is 0.429. The summed E-state index contributed by atoms with van der Waals surface area (Å²) in [6.45, 7) is 7.02. The van der Waals surface area contributed by atoms with Gasteiger partial charge < -0.3 is 36.1 Å². The third-order valence-corrected chi connectivity index (χ3v) is 12.7. The van der Waals surface area contributed by atoms with Gasteiger partial charge in [-0.1, -0.05) is 49.8 Å². The average molecular weight is 861 g/mol. The van der Waals surface area contributed by atoms with Crippen molar-refractivity contribution in [1.82, 2.24) is 29.9 Å². The number of carboxylic acids is 2. The van der Waals surface area contributed by atoms with Crippen LogP contribution in [0.3, 0.4) is 0 Å². The van der Waals surface area contributed by atoms with Crippen LogP contribution in [-0.4, -0.2) is 106 Å². The lowest BCUT2D eigenvalue weighted by Gasteiger charge is -2.49. The molecule has 1 unspecified atom stereocenters. The molecular formula is C35H40N8O10S4. The van der Waals surface area contributed by atoms with Gasteiger partial charge in [0.15, 0.2) is 4.34 Å². The van der Waals surface area contributed by atoms with Crippen LogP contribution in [0.5, 0.6) is 0 Å². The van der Waals surface area contributed by atoms with Crippen molar-refractivity contribution in [2.24, 2.45) is 17.0 Å². The number of aromatic nitrogens is 3. The van der Waals surface area contributed by atoms with Crippen LogP contribution in [0.25, 0.3) is 5.57 Å². The molecule has 57 heavy (non-hydrogen) atoms. The minimum Gasteiger partial charge on any atom is -0.512 e. The number of carbonyl (C=O) groups excluding carboxylic acids is 4. The van der Waals surface area contributed by atoms with E-state index in [0.29, 0.717) is 21.4 Å². The number of thioether (sulfide) groups is 2. The Kier molecular flexibility index (Phi) is 14.7. The van der Waals surface area contributed by atoms with Crippen molar-refractivity contribution in [3.8, 4) is 0 Å². The van der Waals surface area contributed by atoms with E-state index in [1.807, 2.05) is 24.5 Å². The first-order valence-electron chi connectivity index (χ1n) is 17.7. The Labute approximate surface area is 343 Å². The molecule has 0 aromatic carbocycles. The molecule has 2 aromatic rings. The normalized spacial score (nSPS) is 22.4. The van der Waals surface area contributed by atoms with Crippen molar-refractivity contribution in [3.63, 3.8) is 0 Å². The summed E-state index contributed by atoms with van der Waals surface area (Å²) in [4.78, 5) is 91.1. The highest BCUT2D eigenvalue weighted by Crippen LogP contribution is 2.46. The van der Waals surface area contributed by atoms with Crippen LogP contribution in [0, 0.1) is 11.8 Å². The number of amides is 4. The van der Waals surface area contributed by atoms with Crippen molar-refractivity contribution in [2.45, 2.75) is 75.2 Å². The van der Waals surface area contributed by atoms with Gasteiger partial charge in [-0.05, 0) is 37.3 Å². The summed E-state index contributed by atoms with van der Waals surface area (Å²) in [6.07, 6.45) is 8.27. The zero-order valence-electron chi connectivity index (χ0n) is 31.1. The number of β-lactam (4-membered cyclic amide) rings is 1. The minimum absolute atomic E-state index is 0.0282. The first-order valence-corrected chi connectivity index (χ1v) is 21.2. The summed E-state index contributed by atoms with van der Waals surface area (Å²) in [5, 5.41) is 42.1. The van der Waals surface area contributed by atoms with Gasteiger partial charge in [-0.2, -0.15) is 9.36 Å². The molecule has 1 aliphatic carbocycles. The highest BCUT2D eigenvalue weighted by atomic mass is 32.2. The minimum atomic E-state index is -1.31. The first kappa shape index (κ1) is 43.1. The number of carboxylic acid groups (broad SMARTS) is 2. The fourth-order valence-electron chi connectivity index (χ4n) is 5.61. The van der Waals surface area contributed by atoms with Crippen molar-refractivity contribution in [2.75, 3.05) is 17.7 Å². The number of carbonyl (C=O) groups is 6. The maximum Gasteiger partial charge on any atom is 0.353 e. The molecule has 2 aromatic heterocycles. The van der Waals surface area contributed by atoms with Crippen LogP contribution in [0.15, 0.2) is 55.5 Å². The Balaban J connectivity index is 1.22. The molecule has 0 bridgehead atoms. The number of hydrogen-bond acceptors (Lipinski definition) is 16. The lowest BCUT2D eigenvalue weighted by molar-refractivity contribution is -0.150. The van der Waals surface area contributed by atoms with Crippen LogP contribution >= 0.6 is 46.4 Å². The number of aliphatic hydroxyl groups is 1. The Morgan fingerprint density at radius 2 is 1.86 bits per heavy atom. The molecule has 4 heterocycles. The molecule has 4 amide bonds. The number of nitrogens with zero attached hydrogens (tertiary/aromatic N) is 5. The third-order valence-electron chi connectivity index (χ3n) is 8.62. The largest absolute Gasteiger partial charge is 0.512 e. The Morgan fingerprint density at radius 1 is 1.11 bits per heavy atom. The molecule has 304 valence electrons. The van der Waals surface area contributed by atoms with Crippen LogP contribution in [0.2, 0.25) is 0 Å². The highest BCUT2D eigenvalue weighted by Gasteiger charge is 2.54. The molecule has 2 aliphatic heterocycles. The zero-order chi connectivity index (χ0) is 41.4. The standard InChI is InChI=1S/C35H40N8O10S4/c1-5-17-7-8-18(9-10-19(44)13-17)20-14-55-35(36-20)56-21-15-54-31-26(30(48)43(31)27(21)33(51)52)39-29(47)25(41-53-6-2)28-40-34(57-42-28)38-23(46)12-11-22(45)37-24(16(3)4)32(49)50/h7-10,14,16-17,24,26,31,44H,5-6,11-13,15H2,1-4H3,(H,37,45)(H,39,47)(H,49,50)(H,51,52)(H,38,40,42,46)/b8-7-,18-9+,19-10-,41-25-/t17?,24-,26+,31+/m0/s1. The SMILES string of the molecule is CCO/N=C(\C(=O)N[C@@H]1C(=O)N2C(C(=O)O)=C(Sc3nc(C4=C/C=C(\O)CC(CC)/C=C\4)cs3)CS[C@H]12)c1nsc(NC(=O)CCC(=O)N[C@H](C(=O)O)C(C)C)n1. The van der Waals surface area contributed by atoms with E-state index in [1.54, 1.807) is 32.9 Å². The van der Waals surface area contributed by atoms with Crippen molar-refractivity contribution >= 4 is 98.4 Å². The van der Waals surface area contributed by atoms with Gasteiger partial charge in [0.05, 0.1) is 11.5 Å². The quantitative estimate of drug-likeness (QED) is 0.0747.